The van der Waals surface area contributed by atoms with Gasteiger partial charge in [-0.05, 0) is 37.7 Å². The van der Waals surface area contributed by atoms with Gasteiger partial charge in [-0.1, -0.05) is 0 Å². The third-order valence-electron chi connectivity index (χ3n) is 7.08. The van der Waals surface area contributed by atoms with E-state index in [9.17, 15) is 71.7 Å². The summed E-state index contributed by atoms with van der Waals surface area (Å²) in [6.07, 6.45) is -7.61. The van der Waals surface area contributed by atoms with Crippen LogP contribution < -0.4 is 31.9 Å². The summed E-state index contributed by atoms with van der Waals surface area (Å²) in [5, 5.41) is 49.5. The van der Waals surface area contributed by atoms with Crippen molar-refractivity contribution in [3.05, 3.63) is 0 Å². The topological polar surface area (TPSA) is 341 Å². The summed E-state index contributed by atoms with van der Waals surface area (Å²) in [7, 11) is 0. The molecule has 0 aliphatic carbocycles. The number of rotatable bonds is 28. The van der Waals surface area contributed by atoms with Crippen LogP contribution in [0.4, 0.5) is 8.78 Å². The standard InChI is InChI=1S/C30H44F2N6O15S/c1-14(40)33-20(12-25(47)48)30(53)37-18(5-8-24(45)46)28(51)38-19(9-10-54-2)29(52)36-17(4-7-23(43)44)27(50)35-16(3-6-22(41)42)26(49)34-15(13-39)11-21(31)32/h13,15-21H,3-12H2,1-2H3,(H,33,40)(H,34,49)(H,35,50)(H,36,52)(H,37,53)(H,38,51)(H,41,42)(H,43,44)(H,45,46)(H,47,48). The molecule has 6 atom stereocenters. The molecule has 0 radical (unpaired) electrons. The van der Waals surface area contributed by atoms with E-state index in [0.717, 1.165) is 6.92 Å². The third kappa shape index (κ3) is 21.2. The summed E-state index contributed by atoms with van der Waals surface area (Å²) in [6.45, 7) is 0.987. The van der Waals surface area contributed by atoms with Gasteiger partial charge in [-0.15, -0.1) is 0 Å². The highest BCUT2D eigenvalue weighted by Crippen LogP contribution is 2.09. The number of halogens is 2. The molecule has 0 heterocycles. The fourth-order valence-corrected chi connectivity index (χ4v) is 4.93. The summed E-state index contributed by atoms with van der Waals surface area (Å²) in [4.78, 5) is 134. The molecule has 0 aliphatic heterocycles. The number of carboxylic acid groups (broad SMARTS) is 4. The number of aliphatic carboxylic acids is 4. The number of nitrogens with one attached hydrogen (secondary N) is 6. The van der Waals surface area contributed by atoms with Crippen molar-refractivity contribution < 1.29 is 81.9 Å². The average molecular weight is 799 g/mol. The maximum absolute atomic E-state index is 13.5. The molecule has 0 rings (SSSR count). The number of alkyl halides is 2. The van der Waals surface area contributed by atoms with E-state index in [1.54, 1.807) is 6.26 Å². The van der Waals surface area contributed by atoms with E-state index in [0.29, 0.717) is 0 Å². The SMILES string of the molecule is CSCCC(NC(=O)C(CCC(=O)O)NC(=O)C(CC(=O)O)NC(C)=O)C(=O)NC(CCC(=O)O)C(=O)NC(CCC(=O)O)C(=O)NC(C=O)CC(F)F. The molecule has 304 valence electrons. The second kappa shape index (κ2) is 25.5. The van der Waals surface area contributed by atoms with Gasteiger partial charge < -0.3 is 57.1 Å². The Hall–Kier alpha value is -5.42. The average Bonchev–Trinajstić information content (AvgIpc) is 3.06. The number of carboxylic acids is 4. The highest BCUT2D eigenvalue weighted by atomic mass is 32.2. The number of amides is 6. The molecular formula is C30H44F2N6O15S. The molecule has 6 amide bonds. The minimum atomic E-state index is -3.02. The van der Waals surface area contributed by atoms with Gasteiger partial charge in [0.25, 0.3) is 0 Å². The summed E-state index contributed by atoms with van der Waals surface area (Å²) in [5.41, 5.74) is 0. The zero-order chi connectivity index (χ0) is 41.5. The zero-order valence-corrected chi connectivity index (χ0v) is 30.0. The lowest BCUT2D eigenvalue weighted by atomic mass is 10.1. The molecule has 0 bridgehead atoms. The van der Waals surface area contributed by atoms with Crippen LogP contribution in [-0.4, -0.2) is 141 Å². The maximum atomic E-state index is 13.5. The molecule has 0 aliphatic rings. The first kappa shape index (κ1) is 48.6. The minimum absolute atomic E-state index is 0.00584. The van der Waals surface area contributed by atoms with Gasteiger partial charge in [0.2, 0.25) is 41.9 Å². The Labute approximate surface area is 310 Å². The van der Waals surface area contributed by atoms with Gasteiger partial charge in [0.1, 0.15) is 36.5 Å². The molecule has 0 fully saturated rings. The first-order valence-corrected chi connectivity index (χ1v) is 17.5. The Morgan fingerprint density at radius 3 is 1.20 bits per heavy atom. The highest BCUT2D eigenvalue weighted by molar-refractivity contribution is 7.98. The summed E-state index contributed by atoms with van der Waals surface area (Å²) >= 11 is 1.20. The molecule has 54 heavy (non-hydrogen) atoms. The van der Waals surface area contributed by atoms with Crippen molar-refractivity contribution in [2.24, 2.45) is 0 Å². The Kier molecular flexibility index (Phi) is 23.0. The first-order chi connectivity index (χ1) is 25.2. The number of carbonyl (C=O) groups excluding carboxylic acids is 7. The lowest BCUT2D eigenvalue weighted by Gasteiger charge is -2.27. The number of carbonyl (C=O) groups is 11. The van der Waals surface area contributed by atoms with Crippen molar-refractivity contribution in [1.82, 2.24) is 31.9 Å². The monoisotopic (exact) mass is 798 g/mol. The van der Waals surface area contributed by atoms with Crippen LogP contribution in [0, 0.1) is 0 Å². The molecule has 0 aromatic heterocycles. The second-order valence-electron chi connectivity index (χ2n) is 11.6. The van der Waals surface area contributed by atoms with Crippen molar-refractivity contribution in [3.8, 4) is 0 Å². The molecular weight excluding hydrogens is 754 g/mol. The molecule has 6 unspecified atom stereocenters. The lowest BCUT2D eigenvalue weighted by Crippen LogP contribution is -2.59. The third-order valence-corrected chi connectivity index (χ3v) is 7.72. The largest absolute Gasteiger partial charge is 0.481 e. The van der Waals surface area contributed by atoms with Gasteiger partial charge in [0.05, 0.1) is 12.5 Å². The smallest absolute Gasteiger partial charge is 0.305 e. The van der Waals surface area contributed by atoms with Crippen molar-refractivity contribution in [1.29, 1.82) is 0 Å². The van der Waals surface area contributed by atoms with E-state index >= 15 is 0 Å². The van der Waals surface area contributed by atoms with Crippen molar-refractivity contribution >= 4 is 77.4 Å². The predicted molar refractivity (Wildman–Crippen MR) is 180 cm³/mol. The molecule has 0 aromatic carbocycles. The summed E-state index contributed by atoms with van der Waals surface area (Å²) < 4.78 is 25.6. The van der Waals surface area contributed by atoms with Crippen LogP contribution in [0.3, 0.4) is 0 Å². The molecule has 0 saturated carbocycles. The van der Waals surface area contributed by atoms with Crippen molar-refractivity contribution in [2.45, 2.75) is 107 Å². The van der Waals surface area contributed by atoms with Crippen LogP contribution >= 0.6 is 11.8 Å². The van der Waals surface area contributed by atoms with E-state index in [4.69, 9.17) is 10.2 Å². The van der Waals surface area contributed by atoms with Crippen LogP contribution in [0.1, 0.15) is 64.7 Å². The van der Waals surface area contributed by atoms with Gasteiger partial charge in [-0.25, -0.2) is 8.78 Å². The fraction of sp³-hybridized carbons (Fsp3) is 0.633. The molecule has 21 nitrogen and oxygen atoms in total. The van der Waals surface area contributed by atoms with E-state index in [-0.39, 0.29) is 18.5 Å². The van der Waals surface area contributed by atoms with E-state index < -0.39 is 153 Å². The molecule has 0 spiro atoms. The van der Waals surface area contributed by atoms with Gasteiger partial charge in [0.15, 0.2) is 0 Å². The number of hydrogen-bond donors (Lipinski definition) is 10. The number of hydrogen-bond acceptors (Lipinski definition) is 12. The lowest BCUT2D eigenvalue weighted by molar-refractivity contribution is -0.141. The first-order valence-electron chi connectivity index (χ1n) is 16.1. The molecule has 10 N–H and O–H groups in total. The maximum Gasteiger partial charge on any atom is 0.305 e. The predicted octanol–water partition coefficient (Wildman–Crippen LogP) is -2.41. The molecule has 24 heteroatoms. The Morgan fingerprint density at radius 1 is 0.556 bits per heavy atom. The summed E-state index contributed by atoms with van der Waals surface area (Å²) in [6, 6.07) is -10.2. The normalized spacial score (nSPS) is 14.1. The van der Waals surface area contributed by atoms with Gasteiger partial charge >= 0.3 is 23.9 Å². The fourth-order valence-electron chi connectivity index (χ4n) is 4.46. The summed E-state index contributed by atoms with van der Waals surface area (Å²) in [5.74, 6) is -12.3. The van der Waals surface area contributed by atoms with Crippen LogP contribution in [-0.2, 0) is 52.7 Å². The highest BCUT2D eigenvalue weighted by Gasteiger charge is 2.34. The van der Waals surface area contributed by atoms with Gasteiger partial charge in [-0.3, -0.25) is 47.9 Å². The van der Waals surface area contributed by atoms with Crippen molar-refractivity contribution in [2.75, 3.05) is 12.0 Å². The Balaban J connectivity index is 6.38. The quantitative estimate of drug-likeness (QED) is 0.0369. The Morgan fingerprint density at radius 2 is 0.907 bits per heavy atom. The van der Waals surface area contributed by atoms with E-state index in [1.165, 1.54) is 11.8 Å². The second-order valence-corrected chi connectivity index (χ2v) is 12.5. The van der Waals surface area contributed by atoms with E-state index in [2.05, 4.69) is 26.6 Å². The van der Waals surface area contributed by atoms with Gasteiger partial charge in [-0.2, -0.15) is 11.8 Å². The minimum Gasteiger partial charge on any atom is -0.481 e. The van der Waals surface area contributed by atoms with Crippen LogP contribution in [0.2, 0.25) is 0 Å². The van der Waals surface area contributed by atoms with Gasteiger partial charge in [0, 0.05) is 32.6 Å². The number of thioether (sulfide) groups is 1. The van der Waals surface area contributed by atoms with Crippen molar-refractivity contribution in [3.63, 3.8) is 0 Å². The van der Waals surface area contributed by atoms with Crippen LogP contribution in [0.25, 0.3) is 0 Å². The zero-order valence-electron chi connectivity index (χ0n) is 29.1. The van der Waals surface area contributed by atoms with E-state index in [1.807, 2.05) is 5.32 Å². The molecule has 0 saturated heterocycles. The number of aldehydes is 1. The Bertz CT molecular complexity index is 1370. The van der Waals surface area contributed by atoms with Crippen LogP contribution in [0.15, 0.2) is 0 Å². The van der Waals surface area contributed by atoms with Crippen LogP contribution in [0.5, 0.6) is 0 Å². The molecule has 0 aromatic rings.